The number of aliphatic hydroxyl groups is 1. The van der Waals surface area contributed by atoms with Crippen LogP contribution in [-0.2, 0) is 10.4 Å². The highest BCUT2D eigenvalue weighted by Crippen LogP contribution is 2.21. The molecule has 1 atom stereocenters. The molecule has 1 amide bonds. The molecular formula is C19H19ClFNO3. The second-order valence-corrected chi connectivity index (χ2v) is 6.40. The van der Waals surface area contributed by atoms with Gasteiger partial charge in [0.2, 0.25) is 5.91 Å². The predicted octanol–water partition coefficient (Wildman–Crippen LogP) is 3.47. The third kappa shape index (κ3) is 5.37. The third-order valence-electron chi connectivity index (χ3n) is 3.85. The molecule has 0 saturated heterocycles. The number of amides is 1. The summed E-state index contributed by atoms with van der Waals surface area (Å²) in [5.74, 6) is -1.42. The van der Waals surface area contributed by atoms with Crippen LogP contribution in [0, 0.1) is 5.82 Å². The third-order valence-corrected chi connectivity index (χ3v) is 4.10. The van der Waals surface area contributed by atoms with Gasteiger partial charge in [-0.1, -0.05) is 35.9 Å². The quantitative estimate of drug-likeness (QED) is 0.740. The van der Waals surface area contributed by atoms with E-state index in [-0.39, 0.29) is 30.9 Å². The van der Waals surface area contributed by atoms with E-state index in [2.05, 4.69) is 5.32 Å². The lowest BCUT2D eigenvalue weighted by Crippen LogP contribution is -2.38. The van der Waals surface area contributed by atoms with E-state index < -0.39 is 17.2 Å². The van der Waals surface area contributed by atoms with Gasteiger partial charge in [-0.05, 0) is 36.8 Å². The maximum absolute atomic E-state index is 13.5. The van der Waals surface area contributed by atoms with Gasteiger partial charge in [0.1, 0.15) is 11.4 Å². The maximum atomic E-state index is 13.5. The fraction of sp³-hybridized carbons (Fsp3) is 0.263. The number of halogens is 2. The van der Waals surface area contributed by atoms with Gasteiger partial charge >= 0.3 is 0 Å². The Morgan fingerprint density at radius 1 is 1.12 bits per heavy atom. The highest BCUT2D eigenvalue weighted by Gasteiger charge is 2.24. The molecule has 0 bridgehead atoms. The molecule has 2 rings (SSSR count). The zero-order chi connectivity index (χ0) is 18.4. The van der Waals surface area contributed by atoms with Gasteiger partial charge in [0, 0.05) is 17.9 Å². The van der Waals surface area contributed by atoms with Gasteiger partial charge in [-0.3, -0.25) is 9.59 Å². The van der Waals surface area contributed by atoms with Crippen LogP contribution in [0.5, 0.6) is 0 Å². The molecule has 0 aliphatic heterocycles. The van der Waals surface area contributed by atoms with Crippen molar-refractivity contribution in [3.8, 4) is 0 Å². The summed E-state index contributed by atoms with van der Waals surface area (Å²) in [6.45, 7) is 1.56. The fourth-order valence-corrected chi connectivity index (χ4v) is 2.45. The number of nitrogens with one attached hydrogen (secondary N) is 1. The van der Waals surface area contributed by atoms with Gasteiger partial charge in [-0.25, -0.2) is 4.39 Å². The Balaban J connectivity index is 1.85. The van der Waals surface area contributed by atoms with Gasteiger partial charge in [0.15, 0.2) is 5.78 Å². The van der Waals surface area contributed by atoms with Crippen molar-refractivity contribution < 1.29 is 19.1 Å². The first-order valence-corrected chi connectivity index (χ1v) is 8.20. The van der Waals surface area contributed by atoms with Crippen LogP contribution < -0.4 is 5.32 Å². The minimum atomic E-state index is -1.27. The van der Waals surface area contributed by atoms with Crippen LogP contribution in [0.1, 0.15) is 35.7 Å². The highest BCUT2D eigenvalue weighted by molar-refractivity contribution is 6.30. The second kappa shape index (κ2) is 8.23. The molecule has 132 valence electrons. The number of carbonyl (C=O) groups excluding carboxylic acids is 2. The van der Waals surface area contributed by atoms with Gasteiger partial charge < -0.3 is 10.4 Å². The molecule has 0 aromatic heterocycles. The second-order valence-electron chi connectivity index (χ2n) is 5.96. The summed E-state index contributed by atoms with van der Waals surface area (Å²) in [5.41, 5.74) is -0.682. The molecule has 0 radical (unpaired) electrons. The van der Waals surface area contributed by atoms with Crippen LogP contribution >= 0.6 is 11.6 Å². The Hall–Kier alpha value is -2.24. The lowest BCUT2D eigenvalue weighted by molar-refractivity contribution is -0.122. The average molecular weight is 364 g/mol. The summed E-state index contributed by atoms with van der Waals surface area (Å²) in [6, 6.07) is 12.3. The molecule has 2 aromatic rings. The lowest BCUT2D eigenvalue weighted by atomic mass is 9.96. The Bertz CT molecular complexity index is 760. The van der Waals surface area contributed by atoms with Crippen LogP contribution in [0.4, 0.5) is 4.39 Å². The van der Waals surface area contributed by atoms with Gasteiger partial charge in [0.25, 0.3) is 0 Å². The van der Waals surface area contributed by atoms with Crippen molar-refractivity contribution in [3.05, 3.63) is 70.5 Å². The van der Waals surface area contributed by atoms with E-state index in [4.69, 9.17) is 11.6 Å². The number of hydrogen-bond acceptors (Lipinski definition) is 3. The number of Topliss-reactive ketones (excluding diaryl/α,β-unsaturated/α-hetero) is 1. The molecule has 0 saturated carbocycles. The molecule has 6 heteroatoms. The first-order chi connectivity index (χ1) is 11.8. The van der Waals surface area contributed by atoms with Crippen LogP contribution in [0.15, 0.2) is 48.5 Å². The first kappa shape index (κ1) is 19.1. The standard InChI is InChI=1S/C19H19ClFNO3/c1-19(25,13-6-8-14(20)9-7-13)12-22-18(24)11-10-17(23)15-4-2-3-5-16(15)21/h2-9,25H,10-12H2,1H3,(H,22,24). The van der Waals surface area contributed by atoms with Crippen LogP contribution in [-0.4, -0.2) is 23.3 Å². The molecule has 0 aliphatic carbocycles. The lowest BCUT2D eigenvalue weighted by Gasteiger charge is -2.24. The molecule has 4 nitrogen and oxygen atoms in total. The number of carbonyl (C=O) groups is 2. The number of rotatable bonds is 7. The minimum absolute atomic E-state index is 0.0125. The number of hydrogen-bond donors (Lipinski definition) is 2. The Labute approximate surface area is 150 Å². The summed E-state index contributed by atoms with van der Waals surface area (Å²) in [6.07, 6.45) is -0.181. The SMILES string of the molecule is CC(O)(CNC(=O)CCC(=O)c1ccccc1F)c1ccc(Cl)cc1. The summed E-state index contributed by atoms with van der Waals surface area (Å²) < 4.78 is 13.5. The summed E-state index contributed by atoms with van der Waals surface area (Å²) in [5, 5.41) is 13.6. The zero-order valence-corrected chi connectivity index (χ0v) is 14.5. The molecule has 2 aromatic carbocycles. The maximum Gasteiger partial charge on any atom is 0.220 e. The fourth-order valence-electron chi connectivity index (χ4n) is 2.32. The van der Waals surface area contributed by atoms with Crippen molar-refractivity contribution in [2.24, 2.45) is 0 Å². The highest BCUT2D eigenvalue weighted by atomic mass is 35.5. The molecule has 0 aliphatic rings. The van der Waals surface area contributed by atoms with E-state index in [1.165, 1.54) is 18.2 Å². The van der Waals surface area contributed by atoms with Crippen molar-refractivity contribution in [1.82, 2.24) is 5.32 Å². The minimum Gasteiger partial charge on any atom is -0.384 e. The van der Waals surface area contributed by atoms with E-state index in [9.17, 15) is 19.1 Å². The molecular weight excluding hydrogens is 345 g/mol. The van der Waals surface area contributed by atoms with Crippen molar-refractivity contribution in [1.29, 1.82) is 0 Å². The average Bonchev–Trinajstić information content (AvgIpc) is 2.59. The topological polar surface area (TPSA) is 66.4 Å². The molecule has 1 unspecified atom stereocenters. The largest absolute Gasteiger partial charge is 0.384 e. The van der Waals surface area contributed by atoms with E-state index in [0.29, 0.717) is 10.6 Å². The molecule has 25 heavy (non-hydrogen) atoms. The van der Waals surface area contributed by atoms with E-state index in [1.54, 1.807) is 37.3 Å². The van der Waals surface area contributed by atoms with E-state index in [0.717, 1.165) is 0 Å². The normalized spacial score (nSPS) is 13.1. The van der Waals surface area contributed by atoms with Crippen LogP contribution in [0.25, 0.3) is 0 Å². The Morgan fingerprint density at radius 3 is 2.40 bits per heavy atom. The number of benzene rings is 2. The van der Waals surface area contributed by atoms with E-state index in [1.807, 2.05) is 0 Å². The Kier molecular flexibility index (Phi) is 6.28. The van der Waals surface area contributed by atoms with Crippen molar-refractivity contribution >= 4 is 23.3 Å². The van der Waals surface area contributed by atoms with Crippen molar-refractivity contribution in [3.63, 3.8) is 0 Å². The zero-order valence-electron chi connectivity index (χ0n) is 13.8. The van der Waals surface area contributed by atoms with E-state index >= 15 is 0 Å². The van der Waals surface area contributed by atoms with Crippen molar-refractivity contribution in [2.75, 3.05) is 6.54 Å². The number of ketones is 1. The predicted molar refractivity (Wildman–Crippen MR) is 94.0 cm³/mol. The van der Waals surface area contributed by atoms with Gasteiger partial charge in [-0.15, -0.1) is 0 Å². The van der Waals surface area contributed by atoms with Crippen molar-refractivity contribution in [2.45, 2.75) is 25.4 Å². The molecule has 0 spiro atoms. The monoisotopic (exact) mass is 363 g/mol. The van der Waals surface area contributed by atoms with Gasteiger partial charge in [-0.2, -0.15) is 0 Å². The summed E-state index contributed by atoms with van der Waals surface area (Å²) >= 11 is 5.81. The summed E-state index contributed by atoms with van der Waals surface area (Å²) in [4.78, 5) is 23.8. The smallest absolute Gasteiger partial charge is 0.220 e. The van der Waals surface area contributed by atoms with Crippen LogP contribution in [0.2, 0.25) is 5.02 Å². The molecule has 0 heterocycles. The summed E-state index contributed by atoms with van der Waals surface area (Å²) in [7, 11) is 0. The Morgan fingerprint density at radius 2 is 1.76 bits per heavy atom. The first-order valence-electron chi connectivity index (χ1n) is 7.82. The molecule has 2 N–H and O–H groups in total. The van der Waals surface area contributed by atoms with Gasteiger partial charge in [0.05, 0.1) is 12.1 Å². The molecule has 0 fully saturated rings. The van der Waals surface area contributed by atoms with Crippen LogP contribution in [0.3, 0.4) is 0 Å².